The fraction of sp³-hybridized carbons (Fsp3) is 0. The Kier molecular flexibility index (Phi) is 7.25. The normalized spacial score (nSPS) is 12.7. The Bertz CT molecular complexity index is 3880. The van der Waals surface area contributed by atoms with Crippen LogP contribution in [0.25, 0.3) is 111 Å². The third kappa shape index (κ3) is 5.82. The Hall–Kier alpha value is -8.41. The molecule has 0 spiro atoms. The molecule has 0 fully saturated rings. The molecule has 0 saturated heterocycles. The van der Waals surface area contributed by atoms with Gasteiger partial charge in [-0.2, -0.15) is 9.97 Å². The van der Waals surface area contributed by atoms with E-state index in [0.717, 1.165) is 82.7 Å². The van der Waals surface area contributed by atoms with E-state index in [1.807, 2.05) is 121 Å². The van der Waals surface area contributed by atoms with Crippen molar-refractivity contribution in [2.45, 2.75) is 0 Å². The molecule has 5 heteroatoms. The smallest absolute Gasteiger partial charge is 0.238 e. The van der Waals surface area contributed by atoms with Crippen LogP contribution in [0, 0.1) is 0 Å². The summed E-state index contributed by atoms with van der Waals surface area (Å²) in [6.07, 6.45) is 0. The van der Waals surface area contributed by atoms with Crippen molar-refractivity contribution in [3.8, 4) is 67.8 Å². The lowest BCUT2D eigenvalue weighted by atomic mass is 9.93. The fourth-order valence-corrected chi connectivity index (χ4v) is 8.94. The number of nitrogens with zero attached hydrogens (tertiary/aromatic N) is 5. The van der Waals surface area contributed by atoms with Gasteiger partial charge in [-0.25, -0.2) is 4.98 Å². The predicted octanol–water partition coefficient (Wildman–Crippen LogP) is 14.4. The maximum Gasteiger partial charge on any atom is 0.238 e. The van der Waals surface area contributed by atoms with E-state index in [9.17, 15) is 0 Å². The van der Waals surface area contributed by atoms with Crippen molar-refractivity contribution in [1.82, 2.24) is 24.1 Å². The molecule has 3 heterocycles. The number of benzene rings is 9. The molecule has 290 valence electrons. The van der Waals surface area contributed by atoms with Gasteiger partial charge in [-0.05, 0) is 46.0 Å². The van der Waals surface area contributed by atoms with Crippen LogP contribution < -0.4 is 0 Å². The summed E-state index contributed by atoms with van der Waals surface area (Å²) in [5.41, 5.74) is 10.5. The van der Waals surface area contributed by atoms with Gasteiger partial charge in [0, 0.05) is 38.2 Å². The van der Waals surface area contributed by atoms with Gasteiger partial charge in [0.15, 0.2) is 11.6 Å². The van der Waals surface area contributed by atoms with E-state index in [2.05, 4.69) is 81.9 Å². The van der Waals surface area contributed by atoms with E-state index < -0.39 is 6.04 Å². The van der Waals surface area contributed by atoms with Crippen LogP contribution in [0.3, 0.4) is 0 Å². The summed E-state index contributed by atoms with van der Waals surface area (Å²) in [6.45, 7) is 0. The minimum atomic E-state index is -0.435. The second-order valence-corrected chi connectivity index (χ2v) is 15.2. The van der Waals surface area contributed by atoms with Gasteiger partial charge in [0.2, 0.25) is 5.95 Å². The molecule has 0 aliphatic heterocycles. The number of fused-ring (bicyclic) bond motifs is 7. The highest BCUT2D eigenvalue weighted by Crippen LogP contribution is 2.45. The highest BCUT2D eigenvalue weighted by atomic mass is 15.2. The van der Waals surface area contributed by atoms with E-state index >= 15 is 0 Å². The zero-order valence-corrected chi connectivity index (χ0v) is 33.2. The summed E-state index contributed by atoms with van der Waals surface area (Å²) in [7, 11) is 0. The highest BCUT2D eigenvalue weighted by Gasteiger charge is 2.25. The molecule has 0 aliphatic rings. The zero-order chi connectivity index (χ0) is 45.3. The van der Waals surface area contributed by atoms with Gasteiger partial charge < -0.3 is 4.57 Å². The van der Waals surface area contributed by atoms with E-state index in [-0.39, 0.29) is 29.7 Å². The Morgan fingerprint density at radius 2 is 0.823 bits per heavy atom. The first kappa shape index (κ1) is 30.6. The predicted molar refractivity (Wildman–Crippen MR) is 256 cm³/mol. The summed E-state index contributed by atoms with van der Waals surface area (Å²) in [6, 6.07) is 63.5. The molecule has 3 aromatic heterocycles. The summed E-state index contributed by atoms with van der Waals surface area (Å²) in [5.74, 6) is 1.51. The van der Waals surface area contributed by atoms with Gasteiger partial charge in [0.05, 0.1) is 34.6 Å². The second kappa shape index (κ2) is 14.7. The van der Waals surface area contributed by atoms with Crippen molar-refractivity contribution in [1.29, 1.82) is 0 Å². The minimum absolute atomic E-state index is 0.134. The Morgan fingerprint density at radius 1 is 0.339 bits per heavy atom. The monoisotopic (exact) mass is 796 g/mol. The first-order valence-electron chi connectivity index (χ1n) is 23.0. The maximum absolute atomic E-state index is 9.14. The largest absolute Gasteiger partial charge is 0.307 e. The van der Waals surface area contributed by atoms with Crippen LogP contribution in [0.1, 0.15) is 6.85 Å². The molecule has 62 heavy (non-hydrogen) atoms. The number of hydrogen-bond acceptors (Lipinski definition) is 3. The van der Waals surface area contributed by atoms with Crippen LogP contribution in [0.5, 0.6) is 0 Å². The molecule has 9 aromatic carbocycles. The quantitative estimate of drug-likeness (QED) is 0.161. The van der Waals surface area contributed by atoms with Crippen molar-refractivity contribution in [2.24, 2.45) is 0 Å². The SMILES string of the molecule is [2H]c1c([2H])c([2H])c(-c2cccc(-n3c4ccccc4c4ccc5c6ccccc6n(-c6nc(-c7ccccc7)nc(-c7ccc(-c8ccccc8)cc7)n6)c5c43)c2-c2ccccc2)c([2H])c1[2H]. The van der Waals surface area contributed by atoms with Gasteiger partial charge in [-0.1, -0.05) is 206 Å². The van der Waals surface area contributed by atoms with Crippen LogP contribution in [-0.2, 0) is 0 Å². The van der Waals surface area contributed by atoms with Gasteiger partial charge in [-0.15, -0.1) is 0 Å². The van der Waals surface area contributed by atoms with Crippen LogP contribution in [0.15, 0.2) is 224 Å². The first-order valence-corrected chi connectivity index (χ1v) is 20.5. The topological polar surface area (TPSA) is 48.5 Å². The average Bonchev–Trinajstić information content (AvgIpc) is 3.91. The highest BCUT2D eigenvalue weighted by molar-refractivity contribution is 6.24. The molecule has 0 atom stereocenters. The summed E-state index contributed by atoms with van der Waals surface area (Å²) in [4.78, 5) is 15.8. The fourth-order valence-electron chi connectivity index (χ4n) is 8.94. The summed E-state index contributed by atoms with van der Waals surface area (Å²) < 4.78 is 48.4. The molecule has 0 aliphatic carbocycles. The van der Waals surface area contributed by atoms with E-state index in [1.54, 1.807) is 0 Å². The van der Waals surface area contributed by atoms with E-state index in [0.29, 0.717) is 23.2 Å². The molecule has 0 N–H and O–H groups in total. The lowest BCUT2D eigenvalue weighted by Gasteiger charge is -2.19. The van der Waals surface area contributed by atoms with Gasteiger partial charge >= 0.3 is 0 Å². The Balaban J connectivity index is 1.20. The lowest BCUT2D eigenvalue weighted by molar-refractivity contribution is 0.953. The van der Waals surface area contributed by atoms with Crippen LogP contribution in [-0.4, -0.2) is 24.1 Å². The Morgan fingerprint density at radius 3 is 1.45 bits per heavy atom. The molecule has 12 aromatic rings. The number of aromatic nitrogens is 5. The van der Waals surface area contributed by atoms with Crippen molar-refractivity contribution < 1.29 is 6.85 Å². The average molecular weight is 797 g/mol. The van der Waals surface area contributed by atoms with Gasteiger partial charge in [0.25, 0.3) is 0 Å². The number of hydrogen-bond donors (Lipinski definition) is 0. The minimum Gasteiger partial charge on any atom is -0.307 e. The third-order valence-electron chi connectivity index (χ3n) is 11.7. The lowest BCUT2D eigenvalue weighted by Crippen LogP contribution is -2.07. The zero-order valence-electron chi connectivity index (χ0n) is 38.2. The van der Waals surface area contributed by atoms with Gasteiger partial charge in [-0.3, -0.25) is 4.57 Å². The number of para-hydroxylation sites is 2. The molecule has 0 unspecified atom stereocenters. The molecule has 0 amide bonds. The van der Waals surface area contributed by atoms with Crippen molar-refractivity contribution in [2.75, 3.05) is 0 Å². The van der Waals surface area contributed by atoms with Crippen molar-refractivity contribution in [3.05, 3.63) is 224 Å². The van der Waals surface area contributed by atoms with Crippen LogP contribution in [0.4, 0.5) is 0 Å². The van der Waals surface area contributed by atoms with Crippen molar-refractivity contribution in [3.63, 3.8) is 0 Å². The Labute approximate surface area is 365 Å². The summed E-state index contributed by atoms with van der Waals surface area (Å²) >= 11 is 0. The molecular weight excluding hydrogens is 755 g/mol. The first-order chi connectivity index (χ1) is 32.9. The molecule has 0 bridgehead atoms. The van der Waals surface area contributed by atoms with Crippen LogP contribution >= 0.6 is 0 Å². The van der Waals surface area contributed by atoms with E-state index in [1.165, 1.54) is 0 Å². The molecule has 12 rings (SSSR count). The molecule has 0 radical (unpaired) electrons. The summed E-state index contributed by atoms with van der Waals surface area (Å²) in [5, 5.41) is 4.02. The third-order valence-corrected chi connectivity index (χ3v) is 11.7. The van der Waals surface area contributed by atoms with Crippen LogP contribution in [0.2, 0.25) is 0 Å². The van der Waals surface area contributed by atoms with Gasteiger partial charge in [0.1, 0.15) is 0 Å². The van der Waals surface area contributed by atoms with Crippen molar-refractivity contribution >= 4 is 43.6 Å². The molecule has 5 nitrogen and oxygen atoms in total. The second-order valence-electron chi connectivity index (χ2n) is 15.2. The maximum atomic E-state index is 9.14. The van der Waals surface area contributed by atoms with E-state index in [4.69, 9.17) is 21.8 Å². The molecular formula is C57H37N5. The standard InChI is InChI=1S/C57H37N5/c1-5-18-38(19-6-1)39-32-34-43(35-33-39)56-58-55(42-24-11-4-12-25-42)59-57(60-56)62-50-30-16-14-27-46(50)48-37-36-47-45-26-13-15-29-49(45)61(53(47)54(48)62)51-31-17-28-44(40-20-7-2-8-21-40)52(51)41-22-9-3-10-23-41/h1-37H/i2D,7D,8D,20D,21D. The molecule has 0 saturated carbocycles. The number of rotatable bonds is 7.